The number of aliphatic imine (C=N–C) groups is 1. The van der Waals surface area contributed by atoms with Gasteiger partial charge < -0.3 is 10.7 Å². The van der Waals surface area contributed by atoms with Gasteiger partial charge in [0.15, 0.2) is 0 Å². The molecule has 2 N–H and O–H groups in total. The Kier molecular flexibility index (Phi) is 6.89. The van der Waals surface area contributed by atoms with Gasteiger partial charge in [-0.05, 0) is 19.6 Å². The lowest BCUT2D eigenvalue weighted by Gasteiger charge is -2.00. The Morgan fingerprint density at radius 1 is 1.80 bits per heavy atom. The first-order valence-corrected chi connectivity index (χ1v) is 4.63. The summed E-state index contributed by atoms with van der Waals surface area (Å²) >= 11 is 2.19. The van der Waals surface area contributed by atoms with Gasteiger partial charge in [-0.3, -0.25) is 4.99 Å². The van der Waals surface area contributed by atoms with E-state index in [1.807, 2.05) is 6.92 Å². The van der Waals surface area contributed by atoms with Crippen molar-refractivity contribution in [2.75, 3.05) is 11.1 Å². The Morgan fingerprint density at radius 2 is 2.50 bits per heavy atom. The third kappa shape index (κ3) is 6.00. The average molecular weight is 253 g/mol. The van der Waals surface area contributed by atoms with Gasteiger partial charge in [-0.2, -0.15) is 0 Å². The largest absolute Gasteiger partial charge is 0.374 e. The normalized spacial score (nSPS) is 11.2. The minimum absolute atomic E-state index is 0.772. The Bertz CT molecular complexity index is 122. The van der Waals surface area contributed by atoms with E-state index in [4.69, 9.17) is 5.41 Å². The molecular weight excluding hydrogens is 241 g/mol. The molecule has 0 radical (unpaired) electrons. The fourth-order valence-corrected chi connectivity index (χ4v) is 0.982. The van der Waals surface area contributed by atoms with Crippen molar-refractivity contribution < 1.29 is 0 Å². The van der Waals surface area contributed by atoms with Crippen LogP contribution in [0.4, 0.5) is 0 Å². The zero-order valence-electron chi connectivity index (χ0n) is 6.02. The van der Waals surface area contributed by atoms with E-state index >= 15 is 0 Å². The molecule has 0 spiro atoms. The second kappa shape index (κ2) is 6.98. The van der Waals surface area contributed by atoms with Crippen molar-refractivity contribution in [3.05, 3.63) is 0 Å². The van der Waals surface area contributed by atoms with Crippen molar-refractivity contribution in [2.24, 2.45) is 4.99 Å². The van der Waals surface area contributed by atoms with Gasteiger partial charge in [0.25, 0.3) is 0 Å². The standard InChI is InChI=1S/C6H12IN3/c1-6(10-5-7)9-4-2-3-8/h3,8H,2,4-5H2,1H3,(H,9,10). The average Bonchev–Trinajstić information content (AvgIpc) is 1.89. The van der Waals surface area contributed by atoms with Crippen LogP contribution in [0.5, 0.6) is 0 Å². The van der Waals surface area contributed by atoms with Crippen molar-refractivity contribution in [3.8, 4) is 0 Å². The van der Waals surface area contributed by atoms with Crippen LogP contribution in [-0.2, 0) is 0 Å². The maximum Gasteiger partial charge on any atom is 0.0941 e. The van der Waals surface area contributed by atoms with Gasteiger partial charge in [0.1, 0.15) is 0 Å². The second-order valence-corrected chi connectivity index (χ2v) is 2.46. The van der Waals surface area contributed by atoms with Crippen molar-refractivity contribution in [1.29, 1.82) is 5.41 Å². The molecule has 58 valence electrons. The zero-order valence-corrected chi connectivity index (χ0v) is 8.18. The Labute approximate surface area is 75.0 Å². The zero-order chi connectivity index (χ0) is 7.82. The molecule has 10 heavy (non-hydrogen) atoms. The van der Waals surface area contributed by atoms with E-state index in [0.717, 1.165) is 23.4 Å². The van der Waals surface area contributed by atoms with E-state index < -0.39 is 0 Å². The summed E-state index contributed by atoms with van der Waals surface area (Å²) in [6.45, 7) is 2.75. The first-order valence-electron chi connectivity index (χ1n) is 3.11. The molecule has 0 bridgehead atoms. The number of rotatable bonds is 4. The molecule has 0 atom stereocenters. The topological polar surface area (TPSA) is 48.2 Å². The van der Waals surface area contributed by atoms with Gasteiger partial charge in [-0.1, -0.05) is 22.6 Å². The second-order valence-electron chi connectivity index (χ2n) is 1.78. The molecule has 0 saturated heterocycles. The minimum Gasteiger partial charge on any atom is -0.374 e. The molecule has 0 heterocycles. The van der Waals surface area contributed by atoms with Crippen molar-refractivity contribution in [2.45, 2.75) is 13.3 Å². The van der Waals surface area contributed by atoms with Crippen LogP contribution in [-0.4, -0.2) is 23.1 Å². The highest BCUT2D eigenvalue weighted by atomic mass is 127. The SMILES string of the molecule is CC(=NCI)NCCC=N. The molecule has 0 amide bonds. The maximum absolute atomic E-state index is 6.74. The van der Waals surface area contributed by atoms with Gasteiger partial charge >= 0.3 is 0 Å². The Balaban J connectivity index is 3.29. The third-order valence-electron chi connectivity index (χ3n) is 0.966. The molecule has 0 saturated carbocycles. The molecule has 0 aliphatic heterocycles. The number of halogens is 1. The first kappa shape index (κ1) is 9.87. The monoisotopic (exact) mass is 253 g/mol. The van der Waals surface area contributed by atoms with Gasteiger partial charge in [-0.15, -0.1) is 0 Å². The molecule has 0 fully saturated rings. The van der Waals surface area contributed by atoms with Crippen LogP contribution >= 0.6 is 22.6 Å². The lowest BCUT2D eigenvalue weighted by atomic mass is 10.4. The highest BCUT2D eigenvalue weighted by molar-refractivity contribution is 14.1. The summed E-state index contributed by atoms with van der Waals surface area (Å²) in [5, 5.41) is 9.82. The summed E-state index contributed by atoms with van der Waals surface area (Å²) < 4.78 is 0.793. The van der Waals surface area contributed by atoms with Crippen molar-refractivity contribution in [1.82, 2.24) is 5.32 Å². The number of amidine groups is 1. The van der Waals surface area contributed by atoms with Crippen molar-refractivity contribution in [3.63, 3.8) is 0 Å². The molecular formula is C6H12IN3. The number of hydrogen-bond donors (Lipinski definition) is 2. The Hall–Kier alpha value is -0.130. The van der Waals surface area contributed by atoms with Crippen LogP contribution in [0.15, 0.2) is 4.99 Å². The molecule has 0 rings (SSSR count). The summed E-state index contributed by atoms with van der Waals surface area (Å²) in [7, 11) is 0. The molecule has 0 aromatic carbocycles. The van der Waals surface area contributed by atoms with E-state index in [2.05, 4.69) is 32.9 Å². The molecule has 3 nitrogen and oxygen atoms in total. The van der Waals surface area contributed by atoms with Crippen LogP contribution in [0.25, 0.3) is 0 Å². The minimum atomic E-state index is 0.772. The lowest BCUT2D eigenvalue weighted by molar-refractivity contribution is 0.909. The van der Waals surface area contributed by atoms with Gasteiger partial charge in [0.05, 0.1) is 10.4 Å². The smallest absolute Gasteiger partial charge is 0.0941 e. The number of nitrogens with zero attached hydrogens (tertiary/aromatic N) is 1. The Morgan fingerprint density at radius 3 is 3.00 bits per heavy atom. The van der Waals surface area contributed by atoms with E-state index in [9.17, 15) is 0 Å². The fourth-order valence-electron chi connectivity index (χ4n) is 0.471. The maximum atomic E-state index is 6.74. The van der Waals surface area contributed by atoms with Crippen LogP contribution in [0, 0.1) is 5.41 Å². The van der Waals surface area contributed by atoms with Crippen LogP contribution in [0.1, 0.15) is 13.3 Å². The quantitative estimate of drug-likeness (QED) is 0.195. The van der Waals surface area contributed by atoms with E-state index in [1.54, 1.807) is 0 Å². The molecule has 0 unspecified atom stereocenters. The summed E-state index contributed by atoms with van der Waals surface area (Å²) in [6, 6.07) is 0. The first-order chi connectivity index (χ1) is 4.81. The molecule has 0 aromatic rings. The molecule has 4 heteroatoms. The predicted molar refractivity (Wildman–Crippen MR) is 53.4 cm³/mol. The van der Waals surface area contributed by atoms with Crippen LogP contribution in [0.3, 0.4) is 0 Å². The number of hydrogen-bond acceptors (Lipinski definition) is 2. The summed E-state index contributed by atoms with van der Waals surface area (Å²) in [6.07, 6.45) is 2.17. The third-order valence-corrected chi connectivity index (χ3v) is 1.31. The highest BCUT2D eigenvalue weighted by Gasteiger charge is 1.85. The number of nitrogens with one attached hydrogen (secondary N) is 2. The van der Waals surface area contributed by atoms with E-state index in [-0.39, 0.29) is 0 Å². The van der Waals surface area contributed by atoms with Crippen LogP contribution in [0.2, 0.25) is 0 Å². The predicted octanol–water partition coefficient (Wildman–Crippen LogP) is 1.43. The summed E-state index contributed by atoms with van der Waals surface area (Å²) in [5.74, 6) is 0.955. The van der Waals surface area contributed by atoms with Gasteiger partial charge in [0, 0.05) is 6.54 Å². The van der Waals surface area contributed by atoms with E-state index in [1.165, 1.54) is 6.21 Å². The molecule has 0 aliphatic carbocycles. The van der Waals surface area contributed by atoms with Crippen LogP contribution < -0.4 is 5.32 Å². The highest BCUT2D eigenvalue weighted by Crippen LogP contribution is 1.82. The van der Waals surface area contributed by atoms with E-state index in [0.29, 0.717) is 0 Å². The fraction of sp³-hybridized carbons (Fsp3) is 0.667. The van der Waals surface area contributed by atoms with Crippen molar-refractivity contribution >= 4 is 34.6 Å². The summed E-state index contributed by atoms with van der Waals surface area (Å²) in [5.41, 5.74) is 0. The summed E-state index contributed by atoms with van der Waals surface area (Å²) in [4.78, 5) is 4.11. The number of alkyl halides is 1. The lowest BCUT2D eigenvalue weighted by Crippen LogP contribution is -2.21. The van der Waals surface area contributed by atoms with Gasteiger partial charge in [0.2, 0.25) is 0 Å². The molecule has 0 aromatic heterocycles. The molecule has 0 aliphatic rings. The van der Waals surface area contributed by atoms with Gasteiger partial charge in [-0.25, -0.2) is 0 Å².